The molecule has 2 heterocycles. The molecule has 1 N–H and O–H groups in total. The summed E-state index contributed by atoms with van der Waals surface area (Å²) < 4.78 is 1.37. The van der Waals surface area contributed by atoms with E-state index in [2.05, 4.69) is 10.2 Å². The molecule has 1 fully saturated rings. The Kier molecular flexibility index (Phi) is 4.48. The van der Waals surface area contributed by atoms with Gasteiger partial charge in [-0.1, -0.05) is 11.8 Å². The molecule has 0 aliphatic carbocycles. The van der Waals surface area contributed by atoms with Crippen LogP contribution in [0.15, 0.2) is 9.95 Å². The summed E-state index contributed by atoms with van der Waals surface area (Å²) in [6.07, 6.45) is 0. The molecule has 0 atom stereocenters. The number of nitrogens with zero attached hydrogens (tertiary/aromatic N) is 4. The maximum absolute atomic E-state index is 12.0. The van der Waals surface area contributed by atoms with E-state index in [1.165, 1.54) is 23.3 Å². The van der Waals surface area contributed by atoms with Gasteiger partial charge in [0.2, 0.25) is 11.8 Å². The lowest BCUT2D eigenvalue weighted by atomic mass is 10.3. The van der Waals surface area contributed by atoms with Crippen LogP contribution in [0.1, 0.15) is 6.92 Å². The lowest BCUT2D eigenvalue weighted by Gasteiger charge is -2.34. The number of thioether (sulfide) groups is 1. The zero-order valence-electron chi connectivity index (χ0n) is 11.5. The number of H-pyrrole nitrogens is 1. The second-order valence-corrected chi connectivity index (χ2v) is 5.49. The van der Waals surface area contributed by atoms with Gasteiger partial charge in [-0.15, -0.1) is 5.10 Å². The van der Waals surface area contributed by atoms with Crippen LogP contribution in [0.25, 0.3) is 0 Å². The quantitative estimate of drug-likeness (QED) is 0.715. The van der Waals surface area contributed by atoms with Crippen molar-refractivity contribution in [2.45, 2.75) is 12.1 Å². The van der Waals surface area contributed by atoms with Crippen LogP contribution in [0.3, 0.4) is 0 Å². The average molecular weight is 299 g/mol. The first-order chi connectivity index (χ1) is 9.49. The minimum Gasteiger partial charge on any atom is -0.339 e. The first kappa shape index (κ1) is 14.6. The maximum Gasteiger partial charge on any atom is 0.343 e. The predicted molar refractivity (Wildman–Crippen MR) is 73.4 cm³/mol. The molecule has 0 unspecified atom stereocenters. The molecule has 0 saturated carbocycles. The molecule has 1 saturated heterocycles. The molecule has 0 bridgehead atoms. The van der Waals surface area contributed by atoms with Crippen LogP contribution in [0.2, 0.25) is 0 Å². The van der Waals surface area contributed by atoms with Crippen LogP contribution in [0.5, 0.6) is 0 Å². The number of hydrogen-bond acceptors (Lipinski definition) is 5. The van der Waals surface area contributed by atoms with Gasteiger partial charge in [0.15, 0.2) is 5.16 Å². The molecule has 1 aromatic rings. The highest BCUT2D eigenvalue weighted by Crippen LogP contribution is 2.13. The van der Waals surface area contributed by atoms with Gasteiger partial charge in [-0.3, -0.25) is 14.2 Å². The summed E-state index contributed by atoms with van der Waals surface area (Å²) in [5.74, 6) is 0.268. The van der Waals surface area contributed by atoms with E-state index in [-0.39, 0.29) is 23.3 Å². The van der Waals surface area contributed by atoms with E-state index in [4.69, 9.17) is 0 Å². The second-order valence-electron chi connectivity index (χ2n) is 4.55. The van der Waals surface area contributed by atoms with Gasteiger partial charge < -0.3 is 9.80 Å². The normalized spacial score (nSPS) is 15.5. The van der Waals surface area contributed by atoms with E-state index in [0.29, 0.717) is 31.3 Å². The first-order valence-corrected chi connectivity index (χ1v) is 7.25. The van der Waals surface area contributed by atoms with Gasteiger partial charge in [0.1, 0.15) is 0 Å². The SMILES string of the molecule is CC(=O)N1CCN(C(=O)CSc2n[nH]c(=O)n2C)CC1. The topological polar surface area (TPSA) is 91.3 Å². The Balaban J connectivity index is 1.83. The second kappa shape index (κ2) is 6.12. The van der Waals surface area contributed by atoms with Gasteiger partial charge in [0.05, 0.1) is 5.75 Å². The molecule has 20 heavy (non-hydrogen) atoms. The first-order valence-electron chi connectivity index (χ1n) is 6.26. The van der Waals surface area contributed by atoms with Gasteiger partial charge in [0.25, 0.3) is 0 Å². The molecule has 2 amide bonds. The van der Waals surface area contributed by atoms with Crippen molar-refractivity contribution in [1.82, 2.24) is 24.6 Å². The standard InChI is InChI=1S/C11H17N5O3S/c1-8(17)15-3-5-16(6-4-15)9(18)7-20-11-13-12-10(19)14(11)2/h3-7H2,1-2H3,(H,12,19). The van der Waals surface area contributed by atoms with E-state index in [0.717, 1.165) is 0 Å². The number of carbonyl (C=O) groups excluding carboxylic acids is 2. The number of nitrogens with one attached hydrogen (secondary N) is 1. The van der Waals surface area contributed by atoms with E-state index in [1.807, 2.05) is 0 Å². The number of aromatic amines is 1. The molecule has 2 rings (SSSR count). The molecule has 0 radical (unpaired) electrons. The highest BCUT2D eigenvalue weighted by atomic mass is 32.2. The molecule has 0 aromatic carbocycles. The molecule has 1 aromatic heterocycles. The summed E-state index contributed by atoms with van der Waals surface area (Å²) in [5, 5.41) is 6.65. The third-order valence-corrected chi connectivity index (χ3v) is 4.26. The predicted octanol–water partition coefficient (Wildman–Crippen LogP) is -1.11. The Labute approximate surface area is 120 Å². The zero-order chi connectivity index (χ0) is 14.7. The number of rotatable bonds is 3. The van der Waals surface area contributed by atoms with Crippen LogP contribution in [0.4, 0.5) is 0 Å². The summed E-state index contributed by atoms with van der Waals surface area (Å²) in [6, 6.07) is 0. The molecule has 110 valence electrons. The number of amides is 2. The summed E-state index contributed by atoms with van der Waals surface area (Å²) in [6.45, 7) is 3.79. The van der Waals surface area contributed by atoms with Crippen LogP contribution < -0.4 is 5.69 Å². The molecule has 1 aliphatic heterocycles. The zero-order valence-corrected chi connectivity index (χ0v) is 12.3. The van der Waals surface area contributed by atoms with Crippen molar-refractivity contribution in [3.05, 3.63) is 10.5 Å². The molecule has 1 aliphatic rings. The van der Waals surface area contributed by atoms with Crippen molar-refractivity contribution in [3.8, 4) is 0 Å². The summed E-state index contributed by atoms with van der Waals surface area (Å²) in [5.41, 5.74) is -0.296. The van der Waals surface area contributed by atoms with Gasteiger partial charge >= 0.3 is 5.69 Å². The molecular formula is C11H17N5O3S. The minimum absolute atomic E-state index is 0.00588. The summed E-state index contributed by atoms with van der Waals surface area (Å²) in [4.78, 5) is 37.9. The fourth-order valence-corrected chi connectivity index (χ4v) is 2.77. The van der Waals surface area contributed by atoms with Gasteiger partial charge in [-0.2, -0.15) is 0 Å². The van der Waals surface area contributed by atoms with Crippen LogP contribution >= 0.6 is 11.8 Å². The Bertz CT molecular complexity index is 559. The number of carbonyl (C=O) groups is 2. The summed E-state index contributed by atoms with van der Waals surface area (Å²) in [7, 11) is 1.60. The van der Waals surface area contributed by atoms with Gasteiger partial charge in [-0.25, -0.2) is 9.89 Å². The molecule has 8 nitrogen and oxygen atoms in total. The number of aromatic nitrogens is 3. The monoisotopic (exact) mass is 299 g/mol. The van der Waals surface area contributed by atoms with Crippen molar-refractivity contribution in [1.29, 1.82) is 0 Å². The summed E-state index contributed by atoms with van der Waals surface area (Å²) >= 11 is 1.23. The van der Waals surface area contributed by atoms with Crippen molar-refractivity contribution >= 4 is 23.6 Å². The lowest BCUT2D eigenvalue weighted by Crippen LogP contribution is -2.50. The third-order valence-electron chi connectivity index (χ3n) is 3.24. The fraction of sp³-hybridized carbons (Fsp3) is 0.636. The number of hydrogen-bond donors (Lipinski definition) is 1. The fourth-order valence-electron chi connectivity index (χ4n) is 1.95. The van der Waals surface area contributed by atoms with E-state index >= 15 is 0 Å². The van der Waals surface area contributed by atoms with Crippen LogP contribution in [0, 0.1) is 0 Å². The van der Waals surface area contributed by atoms with Crippen molar-refractivity contribution in [2.24, 2.45) is 7.05 Å². The van der Waals surface area contributed by atoms with E-state index in [1.54, 1.807) is 16.8 Å². The lowest BCUT2D eigenvalue weighted by molar-refractivity contribution is -0.136. The smallest absolute Gasteiger partial charge is 0.339 e. The highest BCUT2D eigenvalue weighted by Gasteiger charge is 2.22. The van der Waals surface area contributed by atoms with Gasteiger partial charge in [0, 0.05) is 40.2 Å². The largest absolute Gasteiger partial charge is 0.343 e. The highest BCUT2D eigenvalue weighted by molar-refractivity contribution is 7.99. The Morgan fingerprint density at radius 3 is 2.35 bits per heavy atom. The van der Waals surface area contributed by atoms with Crippen molar-refractivity contribution in [2.75, 3.05) is 31.9 Å². The van der Waals surface area contributed by atoms with Crippen molar-refractivity contribution in [3.63, 3.8) is 0 Å². The van der Waals surface area contributed by atoms with Gasteiger partial charge in [-0.05, 0) is 0 Å². The molecular weight excluding hydrogens is 282 g/mol. The Morgan fingerprint density at radius 1 is 1.25 bits per heavy atom. The molecule has 0 spiro atoms. The van der Waals surface area contributed by atoms with Crippen LogP contribution in [-0.4, -0.2) is 68.3 Å². The molecule has 9 heteroatoms. The Hall–Kier alpha value is -1.77. The average Bonchev–Trinajstić information content (AvgIpc) is 2.76. The maximum atomic E-state index is 12.0. The third kappa shape index (κ3) is 3.21. The van der Waals surface area contributed by atoms with E-state index in [9.17, 15) is 14.4 Å². The van der Waals surface area contributed by atoms with Crippen molar-refractivity contribution < 1.29 is 9.59 Å². The minimum atomic E-state index is -0.296. The Morgan fingerprint density at radius 2 is 1.85 bits per heavy atom. The van der Waals surface area contributed by atoms with Crippen LogP contribution in [-0.2, 0) is 16.6 Å². The number of piperazine rings is 1. The van der Waals surface area contributed by atoms with E-state index < -0.39 is 0 Å².